The second-order valence-corrected chi connectivity index (χ2v) is 4.99. The molecule has 0 unspecified atom stereocenters. The summed E-state index contributed by atoms with van der Waals surface area (Å²) in [6.45, 7) is 2.66. The maximum absolute atomic E-state index is 8.94. The third kappa shape index (κ3) is 3.61. The van der Waals surface area contributed by atoms with Crippen molar-refractivity contribution in [1.29, 1.82) is 0 Å². The molecule has 0 amide bonds. The van der Waals surface area contributed by atoms with Crippen LogP contribution in [0, 0.1) is 5.41 Å². The van der Waals surface area contributed by atoms with E-state index in [-0.39, 0.29) is 0 Å². The molecule has 0 atom stereocenters. The summed E-state index contributed by atoms with van der Waals surface area (Å²) in [5.74, 6) is 0. The van der Waals surface area contributed by atoms with Crippen molar-refractivity contribution in [1.82, 2.24) is 0 Å². The molecule has 84 valence electrons. The third-order valence-electron chi connectivity index (χ3n) is 3.84. The van der Waals surface area contributed by atoms with Crippen LogP contribution in [0.2, 0.25) is 0 Å². The molecule has 0 bridgehead atoms. The van der Waals surface area contributed by atoms with Crippen LogP contribution in [0.4, 0.5) is 0 Å². The van der Waals surface area contributed by atoms with Crippen LogP contribution < -0.4 is 0 Å². The molecule has 0 aromatic carbocycles. The topological polar surface area (TPSA) is 20.2 Å². The van der Waals surface area contributed by atoms with Gasteiger partial charge in [-0.3, -0.25) is 0 Å². The summed E-state index contributed by atoms with van der Waals surface area (Å²) >= 11 is 0. The van der Waals surface area contributed by atoms with Gasteiger partial charge < -0.3 is 5.11 Å². The van der Waals surface area contributed by atoms with Gasteiger partial charge in [0, 0.05) is 6.61 Å². The molecule has 1 rings (SSSR count). The number of unbranched alkanes of at least 4 members (excludes halogenated alkanes) is 1. The van der Waals surface area contributed by atoms with Crippen molar-refractivity contribution >= 4 is 0 Å². The Bertz CT molecular complexity index is 126. The Morgan fingerprint density at radius 3 is 2.21 bits per heavy atom. The lowest BCUT2D eigenvalue weighted by Gasteiger charge is -2.37. The maximum Gasteiger partial charge on any atom is 0.0431 e. The van der Waals surface area contributed by atoms with E-state index < -0.39 is 0 Å². The molecule has 0 spiro atoms. The molecule has 0 saturated heterocycles. The molecule has 1 fully saturated rings. The van der Waals surface area contributed by atoms with Gasteiger partial charge in [0.2, 0.25) is 0 Å². The second kappa shape index (κ2) is 6.44. The summed E-state index contributed by atoms with van der Waals surface area (Å²) in [7, 11) is 0. The number of aliphatic hydroxyl groups is 1. The van der Waals surface area contributed by atoms with Crippen molar-refractivity contribution in [2.24, 2.45) is 5.41 Å². The molecular weight excluding hydrogens is 172 g/mol. The van der Waals surface area contributed by atoms with E-state index >= 15 is 0 Å². The minimum atomic E-state index is 0.383. The van der Waals surface area contributed by atoms with Gasteiger partial charge in [-0.15, -0.1) is 0 Å². The van der Waals surface area contributed by atoms with Gasteiger partial charge in [-0.2, -0.15) is 0 Å². The summed E-state index contributed by atoms with van der Waals surface area (Å²) in [6.07, 6.45) is 13.5. The smallest absolute Gasteiger partial charge is 0.0431 e. The molecule has 1 nitrogen and oxygen atoms in total. The number of aliphatic hydroxyl groups excluding tert-OH is 1. The van der Waals surface area contributed by atoms with Crippen molar-refractivity contribution in [2.75, 3.05) is 6.61 Å². The van der Waals surface area contributed by atoms with Gasteiger partial charge >= 0.3 is 0 Å². The second-order valence-electron chi connectivity index (χ2n) is 4.99. The Labute approximate surface area is 88.9 Å². The van der Waals surface area contributed by atoms with E-state index in [1.807, 2.05) is 0 Å². The Balaban J connectivity index is 2.39. The lowest BCUT2D eigenvalue weighted by Crippen LogP contribution is -2.24. The van der Waals surface area contributed by atoms with E-state index in [0.29, 0.717) is 12.0 Å². The summed E-state index contributed by atoms with van der Waals surface area (Å²) in [6, 6.07) is 0. The molecule has 1 N–H and O–H groups in total. The van der Waals surface area contributed by atoms with Crippen molar-refractivity contribution < 1.29 is 5.11 Å². The molecule has 0 aliphatic heterocycles. The monoisotopic (exact) mass is 198 g/mol. The third-order valence-corrected chi connectivity index (χ3v) is 3.84. The predicted molar refractivity (Wildman–Crippen MR) is 61.4 cm³/mol. The first-order valence-corrected chi connectivity index (χ1v) is 6.44. The Hall–Kier alpha value is -0.0400. The summed E-state index contributed by atoms with van der Waals surface area (Å²) in [5, 5.41) is 8.94. The fourth-order valence-electron chi connectivity index (χ4n) is 2.93. The molecule has 1 saturated carbocycles. The minimum Gasteiger partial charge on any atom is -0.396 e. The van der Waals surface area contributed by atoms with E-state index in [1.54, 1.807) is 0 Å². The van der Waals surface area contributed by atoms with Gasteiger partial charge in [0.25, 0.3) is 0 Å². The van der Waals surface area contributed by atoms with Crippen LogP contribution in [0.25, 0.3) is 0 Å². The van der Waals surface area contributed by atoms with Crippen molar-refractivity contribution in [3.8, 4) is 0 Å². The van der Waals surface area contributed by atoms with Crippen LogP contribution in [0.15, 0.2) is 0 Å². The average molecular weight is 198 g/mol. The van der Waals surface area contributed by atoms with E-state index in [2.05, 4.69) is 6.92 Å². The first-order valence-electron chi connectivity index (χ1n) is 6.44. The van der Waals surface area contributed by atoms with E-state index in [1.165, 1.54) is 57.8 Å². The lowest BCUT2D eigenvalue weighted by molar-refractivity contribution is 0.135. The van der Waals surface area contributed by atoms with Gasteiger partial charge in [-0.05, 0) is 37.5 Å². The van der Waals surface area contributed by atoms with E-state index in [4.69, 9.17) is 5.11 Å². The predicted octanol–water partition coefficient (Wildman–Crippen LogP) is 3.90. The normalized spacial score (nSPS) is 21.0. The van der Waals surface area contributed by atoms with E-state index in [9.17, 15) is 0 Å². The summed E-state index contributed by atoms with van der Waals surface area (Å²) in [5.41, 5.74) is 0.622. The van der Waals surface area contributed by atoms with Crippen LogP contribution in [0.3, 0.4) is 0 Å². The fourth-order valence-corrected chi connectivity index (χ4v) is 2.93. The van der Waals surface area contributed by atoms with Crippen molar-refractivity contribution in [2.45, 2.75) is 71.1 Å². The van der Waals surface area contributed by atoms with Gasteiger partial charge in [-0.25, -0.2) is 0 Å². The van der Waals surface area contributed by atoms with Gasteiger partial charge in [0.05, 0.1) is 0 Å². The zero-order valence-electron chi connectivity index (χ0n) is 9.73. The standard InChI is InChI=1S/C13H26O/c1-2-3-8-13(11-7-12-14)9-5-4-6-10-13/h14H,2-12H2,1H3. The number of hydrogen-bond donors (Lipinski definition) is 1. The van der Waals surface area contributed by atoms with Crippen molar-refractivity contribution in [3.63, 3.8) is 0 Å². The first-order chi connectivity index (χ1) is 6.83. The number of hydrogen-bond acceptors (Lipinski definition) is 1. The molecule has 0 aromatic heterocycles. The van der Waals surface area contributed by atoms with Crippen LogP contribution in [0.1, 0.15) is 71.1 Å². The van der Waals surface area contributed by atoms with Crippen LogP contribution in [0.5, 0.6) is 0 Å². The Morgan fingerprint density at radius 1 is 1.00 bits per heavy atom. The summed E-state index contributed by atoms with van der Waals surface area (Å²) < 4.78 is 0. The number of rotatable bonds is 6. The molecule has 1 heteroatoms. The van der Waals surface area contributed by atoms with Gasteiger partial charge in [-0.1, -0.05) is 39.0 Å². The van der Waals surface area contributed by atoms with Gasteiger partial charge in [0.1, 0.15) is 0 Å². The highest BCUT2D eigenvalue weighted by molar-refractivity contribution is 4.82. The quantitative estimate of drug-likeness (QED) is 0.686. The summed E-state index contributed by atoms with van der Waals surface area (Å²) in [4.78, 5) is 0. The molecule has 0 heterocycles. The molecule has 1 aliphatic carbocycles. The lowest BCUT2D eigenvalue weighted by atomic mass is 9.68. The minimum absolute atomic E-state index is 0.383. The van der Waals surface area contributed by atoms with Crippen molar-refractivity contribution in [3.05, 3.63) is 0 Å². The van der Waals surface area contributed by atoms with E-state index in [0.717, 1.165) is 6.42 Å². The highest BCUT2D eigenvalue weighted by atomic mass is 16.2. The molecule has 0 aromatic rings. The molecule has 1 aliphatic rings. The SMILES string of the molecule is CCCCC1(CCCO)CCCCC1. The highest BCUT2D eigenvalue weighted by Crippen LogP contribution is 2.44. The zero-order chi connectivity index (χ0) is 10.3. The molecular formula is C13H26O. The maximum atomic E-state index is 8.94. The zero-order valence-corrected chi connectivity index (χ0v) is 9.73. The van der Waals surface area contributed by atoms with Crippen LogP contribution in [-0.2, 0) is 0 Å². The Morgan fingerprint density at radius 2 is 1.64 bits per heavy atom. The largest absolute Gasteiger partial charge is 0.396 e. The molecule has 0 radical (unpaired) electrons. The highest BCUT2D eigenvalue weighted by Gasteiger charge is 2.30. The first kappa shape index (κ1) is 12.0. The Kier molecular flexibility index (Phi) is 5.54. The van der Waals surface area contributed by atoms with Crippen LogP contribution >= 0.6 is 0 Å². The molecule has 14 heavy (non-hydrogen) atoms. The fraction of sp³-hybridized carbons (Fsp3) is 1.00. The average Bonchev–Trinajstić information content (AvgIpc) is 2.25. The van der Waals surface area contributed by atoms with Gasteiger partial charge in [0.15, 0.2) is 0 Å². The van der Waals surface area contributed by atoms with Crippen LogP contribution in [-0.4, -0.2) is 11.7 Å².